The summed E-state index contributed by atoms with van der Waals surface area (Å²) in [5, 5.41) is 0. The van der Waals surface area contributed by atoms with E-state index < -0.39 is 10.0 Å². The van der Waals surface area contributed by atoms with Gasteiger partial charge in [-0.05, 0) is 37.3 Å². The first-order chi connectivity index (χ1) is 12.4. The van der Waals surface area contributed by atoms with Crippen LogP contribution in [0.4, 0.5) is 0 Å². The van der Waals surface area contributed by atoms with Crippen LogP contribution in [0.15, 0.2) is 41.3 Å². The predicted octanol–water partition coefficient (Wildman–Crippen LogP) is 2.59. The van der Waals surface area contributed by atoms with E-state index >= 15 is 0 Å². The maximum atomic E-state index is 12.5. The Balaban J connectivity index is 2.21. The van der Waals surface area contributed by atoms with Gasteiger partial charge in [-0.2, -0.15) is 0 Å². The molecule has 2 rings (SSSR count). The Labute approximate surface area is 153 Å². The van der Waals surface area contributed by atoms with Gasteiger partial charge in [0.1, 0.15) is 11.5 Å². The maximum absolute atomic E-state index is 12.5. The van der Waals surface area contributed by atoms with Crippen molar-refractivity contribution in [2.75, 3.05) is 27.9 Å². The number of methoxy groups -OCH3 is 3. The molecular weight excluding hydrogens is 358 g/mol. The van der Waals surface area contributed by atoms with Crippen molar-refractivity contribution in [2.24, 2.45) is 0 Å². The summed E-state index contributed by atoms with van der Waals surface area (Å²) in [6, 6.07) is 9.57. The van der Waals surface area contributed by atoms with Gasteiger partial charge in [-0.1, -0.05) is 0 Å². The average molecular weight is 381 g/mol. The Morgan fingerprint density at radius 3 is 2.00 bits per heavy atom. The zero-order chi connectivity index (χ0) is 19.2. The molecule has 0 aromatic heterocycles. The molecule has 142 valence electrons. The molecule has 0 atom stereocenters. The molecule has 1 N–H and O–H groups in total. The van der Waals surface area contributed by atoms with Gasteiger partial charge in [0.25, 0.3) is 0 Å². The summed E-state index contributed by atoms with van der Waals surface area (Å²) < 4.78 is 48.7. The number of ether oxygens (including phenoxy) is 4. The summed E-state index contributed by atoms with van der Waals surface area (Å²) >= 11 is 0. The number of hydrogen-bond acceptors (Lipinski definition) is 6. The van der Waals surface area contributed by atoms with E-state index in [9.17, 15) is 8.42 Å². The highest BCUT2D eigenvalue weighted by Crippen LogP contribution is 2.34. The first-order valence-electron chi connectivity index (χ1n) is 7.96. The Kier molecular flexibility index (Phi) is 6.70. The van der Waals surface area contributed by atoms with Crippen molar-refractivity contribution in [3.05, 3.63) is 42.0 Å². The molecule has 0 heterocycles. The third-order valence-electron chi connectivity index (χ3n) is 3.68. The molecule has 0 fully saturated rings. The summed E-state index contributed by atoms with van der Waals surface area (Å²) in [4.78, 5) is 0.153. The summed E-state index contributed by atoms with van der Waals surface area (Å²) in [6.45, 7) is 2.42. The molecule has 0 spiro atoms. The minimum absolute atomic E-state index is 0.0407. The van der Waals surface area contributed by atoms with Crippen LogP contribution >= 0.6 is 0 Å². The van der Waals surface area contributed by atoms with Gasteiger partial charge in [-0.15, -0.1) is 0 Å². The standard InChI is InChI=1S/C18H23NO6S/c1-5-25-14-6-8-15(9-7-14)26(20,21)19-12-13-10-17(23-3)18(24-4)11-16(13)22-2/h6-11,19H,5,12H2,1-4H3. The lowest BCUT2D eigenvalue weighted by atomic mass is 10.1. The minimum atomic E-state index is -3.68. The van der Waals surface area contributed by atoms with Gasteiger partial charge in [-0.3, -0.25) is 0 Å². The first kappa shape index (κ1) is 19.9. The van der Waals surface area contributed by atoms with Crippen LogP contribution in [0.5, 0.6) is 23.0 Å². The summed E-state index contributed by atoms with van der Waals surface area (Å²) in [7, 11) is 0.854. The van der Waals surface area contributed by atoms with E-state index in [0.29, 0.717) is 35.2 Å². The summed E-state index contributed by atoms with van der Waals surface area (Å²) in [5.74, 6) is 2.11. The largest absolute Gasteiger partial charge is 0.496 e. The average Bonchev–Trinajstić information content (AvgIpc) is 2.66. The van der Waals surface area contributed by atoms with Crippen LogP contribution in [0.3, 0.4) is 0 Å². The zero-order valence-electron chi connectivity index (χ0n) is 15.2. The van der Waals surface area contributed by atoms with Gasteiger partial charge in [0.05, 0.1) is 32.8 Å². The van der Waals surface area contributed by atoms with Crippen LogP contribution in [0.1, 0.15) is 12.5 Å². The second-order valence-electron chi connectivity index (χ2n) is 5.25. The Morgan fingerprint density at radius 2 is 1.46 bits per heavy atom. The van der Waals surface area contributed by atoms with Gasteiger partial charge >= 0.3 is 0 Å². The maximum Gasteiger partial charge on any atom is 0.240 e. The normalized spacial score (nSPS) is 11.1. The zero-order valence-corrected chi connectivity index (χ0v) is 16.1. The number of hydrogen-bond donors (Lipinski definition) is 1. The third kappa shape index (κ3) is 4.59. The van der Waals surface area contributed by atoms with Crippen LogP contribution in [0.2, 0.25) is 0 Å². The minimum Gasteiger partial charge on any atom is -0.496 e. The van der Waals surface area contributed by atoms with Crippen molar-refractivity contribution >= 4 is 10.0 Å². The highest BCUT2D eigenvalue weighted by molar-refractivity contribution is 7.89. The van der Waals surface area contributed by atoms with Crippen molar-refractivity contribution < 1.29 is 27.4 Å². The Bertz CT molecular complexity index is 834. The molecule has 2 aromatic rings. The molecule has 0 radical (unpaired) electrons. The molecule has 2 aromatic carbocycles. The van der Waals surface area contributed by atoms with Gasteiger partial charge in [0.2, 0.25) is 10.0 Å². The number of sulfonamides is 1. The Morgan fingerprint density at radius 1 is 0.885 bits per heavy atom. The van der Waals surface area contributed by atoms with Gasteiger partial charge < -0.3 is 18.9 Å². The van der Waals surface area contributed by atoms with Crippen molar-refractivity contribution in [1.82, 2.24) is 4.72 Å². The quantitative estimate of drug-likeness (QED) is 0.719. The van der Waals surface area contributed by atoms with E-state index in [2.05, 4.69) is 4.72 Å². The molecule has 8 heteroatoms. The highest BCUT2D eigenvalue weighted by Gasteiger charge is 2.17. The molecule has 0 aliphatic heterocycles. The van der Waals surface area contributed by atoms with E-state index in [4.69, 9.17) is 18.9 Å². The molecule has 0 bridgehead atoms. The van der Waals surface area contributed by atoms with E-state index in [-0.39, 0.29) is 11.4 Å². The van der Waals surface area contributed by atoms with E-state index in [0.717, 1.165) is 0 Å². The predicted molar refractivity (Wildman–Crippen MR) is 97.7 cm³/mol. The van der Waals surface area contributed by atoms with Crippen molar-refractivity contribution in [2.45, 2.75) is 18.4 Å². The van der Waals surface area contributed by atoms with Crippen LogP contribution in [0.25, 0.3) is 0 Å². The van der Waals surface area contributed by atoms with Crippen molar-refractivity contribution in [3.63, 3.8) is 0 Å². The lowest BCUT2D eigenvalue weighted by Gasteiger charge is -2.15. The summed E-state index contributed by atoms with van der Waals surface area (Å²) in [6.07, 6.45) is 0. The van der Waals surface area contributed by atoms with Gasteiger partial charge in [0.15, 0.2) is 11.5 Å². The number of benzene rings is 2. The second kappa shape index (κ2) is 8.77. The van der Waals surface area contributed by atoms with Crippen molar-refractivity contribution in [1.29, 1.82) is 0 Å². The lowest BCUT2D eigenvalue weighted by Crippen LogP contribution is -2.23. The van der Waals surface area contributed by atoms with Crippen LogP contribution < -0.4 is 23.7 Å². The number of rotatable bonds is 9. The second-order valence-corrected chi connectivity index (χ2v) is 7.01. The monoisotopic (exact) mass is 381 g/mol. The third-order valence-corrected chi connectivity index (χ3v) is 5.10. The number of nitrogens with one attached hydrogen (secondary N) is 1. The van der Waals surface area contributed by atoms with Gasteiger partial charge in [0, 0.05) is 18.2 Å². The van der Waals surface area contributed by atoms with E-state index in [1.807, 2.05) is 6.92 Å². The van der Waals surface area contributed by atoms with E-state index in [1.165, 1.54) is 33.5 Å². The van der Waals surface area contributed by atoms with E-state index in [1.54, 1.807) is 24.3 Å². The van der Waals surface area contributed by atoms with Crippen LogP contribution in [-0.2, 0) is 16.6 Å². The highest BCUT2D eigenvalue weighted by atomic mass is 32.2. The molecule has 0 aliphatic rings. The fraction of sp³-hybridized carbons (Fsp3) is 0.333. The molecule has 26 heavy (non-hydrogen) atoms. The molecule has 0 saturated carbocycles. The molecule has 0 amide bonds. The van der Waals surface area contributed by atoms with Crippen LogP contribution in [0, 0.1) is 0 Å². The molecule has 0 saturated heterocycles. The topological polar surface area (TPSA) is 83.1 Å². The first-order valence-corrected chi connectivity index (χ1v) is 9.44. The SMILES string of the molecule is CCOc1ccc(S(=O)(=O)NCc2cc(OC)c(OC)cc2OC)cc1. The fourth-order valence-electron chi connectivity index (χ4n) is 2.37. The molecular formula is C18H23NO6S. The molecule has 0 aliphatic carbocycles. The molecule has 0 unspecified atom stereocenters. The Hall–Kier alpha value is -2.45. The lowest BCUT2D eigenvalue weighted by molar-refractivity contribution is 0.340. The smallest absolute Gasteiger partial charge is 0.240 e. The fourth-order valence-corrected chi connectivity index (χ4v) is 3.37. The van der Waals surface area contributed by atoms with Crippen molar-refractivity contribution in [3.8, 4) is 23.0 Å². The molecule has 7 nitrogen and oxygen atoms in total. The van der Waals surface area contributed by atoms with Gasteiger partial charge in [-0.25, -0.2) is 13.1 Å². The van der Waals surface area contributed by atoms with Crippen LogP contribution in [-0.4, -0.2) is 36.4 Å². The summed E-state index contributed by atoms with van der Waals surface area (Å²) in [5.41, 5.74) is 0.625.